The first-order valence-electron chi connectivity index (χ1n) is 12.2. The van der Waals surface area contributed by atoms with Crippen LogP contribution >= 0.6 is 0 Å². The van der Waals surface area contributed by atoms with Crippen LogP contribution in [0.25, 0.3) is 22.3 Å². The number of fused-ring (bicyclic) bond motifs is 3. The normalized spacial score (nSPS) is 19.7. The highest BCUT2D eigenvalue weighted by Gasteiger charge is 2.43. The maximum Gasteiger partial charge on any atom is 0.419 e. The van der Waals surface area contributed by atoms with Crippen molar-refractivity contribution in [2.24, 2.45) is 7.05 Å². The van der Waals surface area contributed by atoms with Crippen molar-refractivity contribution < 1.29 is 22.7 Å². The molecule has 1 amide bonds. The molecule has 1 aromatic carbocycles. The minimum atomic E-state index is -4.65. The van der Waals surface area contributed by atoms with E-state index in [9.17, 15) is 23.2 Å². The Morgan fingerprint density at radius 3 is 2.61 bits per heavy atom. The van der Waals surface area contributed by atoms with E-state index in [1.165, 1.54) is 16.8 Å². The van der Waals surface area contributed by atoms with Gasteiger partial charge in [0.15, 0.2) is 5.69 Å². The number of aromatic nitrogens is 4. The second-order valence-electron chi connectivity index (χ2n) is 9.86. The molecule has 2 bridgehead atoms. The molecule has 2 aromatic heterocycles. The van der Waals surface area contributed by atoms with Crippen LogP contribution in [0.5, 0.6) is 5.75 Å². The highest BCUT2D eigenvalue weighted by molar-refractivity contribution is 5.83. The number of nitriles is 1. The predicted octanol–water partition coefficient (Wildman–Crippen LogP) is 2.15. The fourth-order valence-electron chi connectivity index (χ4n) is 5.18. The Balaban J connectivity index is 1.28. The topological polar surface area (TPSA) is 103 Å². The zero-order chi connectivity index (χ0) is 27.2. The Labute approximate surface area is 217 Å². The first-order chi connectivity index (χ1) is 18.0. The summed E-state index contributed by atoms with van der Waals surface area (Å²) in [6, 6.07) is 7.81. The van der Waals surface area contributed by atoms with E-state index in [-0.39, 0.29) is 52.8 Å². The SMILES string of the molecule is CN(C)C(=O)CN1CC2CC1CN2CCOc1ccc(-c2cc3c(nnn3C)c(C#N)n2)cc1C(F)(F)F. The number of halogens is 3. The van der Waals surface area contributed by atoms with Gasteiger partial charge in [-0.25, -0.2) is 9.67 Å². The van der Waals surface area contributed by atoms with E-state index < -0.39 is 11.7 Å². The lowest BCUT2D eigenvalue weighted by Crippen LogP contribution is -2.50. The summed E-state index contributed by atoms with van der Waals surface area (Å²) in [6.45, 7) is 2.51. The quantitative estimate of drug-likeness (QED) is 0.460. The number of carbonyl (C=O) groups excluding carboxylic acids is 1. The maximum absolute atomic E-state index is 14.0. The van der Waals surface area contributed by atoms with Crippen molar-refractivity contribution in [2.75, 3.05) is 46.9 Å². The Kier molecular flexibility index (Phi) is 6.70. The van der Waals surface area contributed by atoms with Gasteiger partial charge >= 0.3 is 6.18 Å². The minimum absolute atomic E-state index is 0.0101. The number of carbonyl (C=O) groups is 1. The molecule has 2 saturated heterocycles. The third kappa shape index (κ3) is 4.89. The molecular weight excluding hydrogens is 501 g/mol. The maximum atomic E-state index is 14.0. The molecule has 0 saturated carbocycles. The fraction of sp³-hybridized carbons (Fsp3) is 0.480. The molecule has 10 nitrogen and oxygen atoms in total. The molecule has 2 fully saturated rings. The van der Waals surface area contributed by atoms with Crippen LogP contribution in [0.4, 0.5) is 13.2 Å². The van der Waals surface area contributed by atoms with E-state index >= 15 is 0 Å². The Morgan fingerprint density at radius 1 is 1.21 bits per heavy atom. The first kappa shape index (κ1) is 25.9. The number of hydrogen-bond acceptors (Lipinski definition) is 8. The molecule has 5 rings (SSSR count). The van der Waals surface area contributed by atoms with Crippen molar-refractivity contribution in [3.05, 3.63) is 35.5 Å². The molecule has 3 aromatic rings. The number of benzene rings is 1. The molecule has 2 atom stereocenters. The standard InChI is InChI=1S/C25H27F3N8O2/c1-33(2)23(37)14-36-13-16-9-17(36)12-35(16)6-7-38-22-5-4-15(8-18(22)25(26,27)28)19-10-21-24(20(11-29)30-19)31-32-34(21)3/h4-5,8,10,16-17H,6-7,9,12-14H2,1-3H3. The van der Waals surface area contributed by atoms with Gasteiger partial charge in [-0.1, -0.05) is 5.21 Å². The van der Waals surface area contributed by atoms with E-state index in [0.29, 0.717) is 18.6 Å². The van der Waals surface area contributed by atoms with Crippen LogP contribution < -0.4 is 4.74 Å². The number of likely N-dealkylation sites (tertiary alicyclic amines) is 2. The van der Waals surface area contributed by atoms with Gasteiger partial charge in [0.25, 0.3) is 0 Å². The molecule has 2 unspecified atom stereocenters. The Hall–Kier alpha value is -3.76. The second-order valence-corrected chi connectivity index (χ2v) is 9.86. The van der Waals surface area contributed by atoms with Crippen molar-refractivity contribution in [3.8, 4) is 23.1 Å². The highest BCUT2D eigenvalue weighted by atomic mass is 19.4. The van der Waals surface area contributed by atoms with E-state index in [1.54, 1.807) is 32.1 Å². The van der Waals surface area contributed by atoms with Gasteiger partial charge in [0.2, 0.25) is 5.91 Å². The molecular formula is C25H27F3N8O2. The number of hydrogen-bond donors (Lipinski definition) is 0. The number of pyridine rings is 1. The molecule has 4 heterocycles. The van der Waals surface area contributed by atoms with Crippen LogP contribution in [0.3, 0.4) is 0 Å². The number of nitrogens with zero attached hydrogens (tertiary/aromatic N) is 8. The number of alkyl halides is 3. The summed E-state index contributed by atoms with van der Waals surface area (Å²) >= 11 is 0. The Morgan fingerprint density at radius 2 is 1.95 bits per heavy atom. The number of likely N-dealkylation sites (N-methyl/N-ethyl adjacent to an activating group) is 1. The van der Waals surface area contributed by atoms with Crippen molar-refractivity contribution >= 4 is 16.9 Å². The van der Waals surface area contributed by atoms with Crippen molar-refractivity contribution in [1.82, 2.24) is 34.7 Å². The van der Waals surface area contributed by atoms with Gasteiger partial charge in [0, 0.05) is 58.4 Å². The third-order valence-electron chi connectivity index (χ3n) is 7.23. The van der Waals surface area contributed by atoms with E-state index in [0.717, 1.165) is 25.6 Å². The van der Waals surface area contributed by atoms with Gasteiger partial charge in [-0.15, -0.1) is 5.10 Å². The van der Waals surface area contributed by atoms with Crippen LogP contribution in [0, 0.1) is 11.3 Å². The lowest BCUT2D eigenvalue weighted by molar-refractivity contribution is -0.139. The summed E-state index contributed by atoms with van der Waals surface area (Å²) in [7, 11) is 5.10. The zero-order valence-corrected chi connectivity index (χ0v) is 21.2. The summed E-state index contributed by atoms with van der Waals surface area (Å²) in [4.78, 5) is 22.2. The molecule has 2 aliphatic heterocycles. The largest absolute Gasteiger partial charge is 0.492 e. The van der Waals surface area contributed by atoms with Gasteiger partial charge in [0.05, 0.1) is 23.3 Å². The highest BCUT2D eigenvalue weighted by Crippen LogP contribution is 2.39. The van der Waals surface area contributed by atoms with Gasteiger partial charge in [-0.2, -0.15) is 18.4 Å². The molecule has 0 N–H and O–H groups in total. The molecule has 38 heavy (non-hydrogen) atoms. The van der Waals surface area contributed by atoms with Crippen molar-refractivity contribution in [2.45, 2.75) is 24.7 Å². The first-order valence-corrected chi connectivity index (χ1v) is 12.2. The van der Waals surface area contributed by atoms with Crippen LogP contribution in [0.2, 0.25) is 0 Å². The van der Waals surface area contributed by atoms with Crippen LogP contribution in [0.1, 0.15) is 17.7 Å². The van der Waals surface area contributed by atoms with Gasteiger partial charge < -0.3 is 9.64 Å². The average Bonchev–Trinajstić information content (AvgIpc) is 3.57. The van der Waals surface area contributed by atoms with Crippen LogP contribution in [-0.4, -0.2) is 99.5 Å². The fourth-order valence-corrected chi connectivity index (χ4v) is 5.18. The summed E-state index contributed by atoms with van der Waals surface area (Å²) in [5.41, 5.74) is 0.275. The number of amides is 1. The number of rotatable bonds is 7. The summed E-state index contributed by atoms with van der Waals surface area (Å²) in [6.07, 6.45) is -3.70. The lowest BCUT2D eigenvalue weighted by atomic mass is 10.1. The summed E-state index contributed by atoms with van der Waals surface area (Å²) in [5.74, 6) is -0.195. The molecule has 200 valence electrons. The van der Waals surface area contributed by atoms with Gasteiger partial charge in [-0.3, -0.25) is 14.6 Å². The number of aryl methyl sites for hydroxylation is 1. The minimum Gasteiger partial charge on any atom is -0.492 e. The zero-order valence-electron chi connectivity index (χ0n) is 21.2. The molecule has 0 radical (unpaired) electrons. The van der Waals surface area contributed by atoms with Crippen molar-refractivity contribution in [3.63, 3.8) is 0 Å². The molecule has 2 aliphatic rings. The monoisotopic (exact) mass is 528 g/mol. The lowest BCUT2D eigenvalue weighted by Gasteiger charge is -2.34. The average molecular weight is 529 g/mol. The van der Waals surface area contributed by atoms with Crippen LogP contribution in [0.15, 0.2) is 24.3 Å². The number of ether oxygens (including phenoxy) is 1. The van der Waals surface area contributed by atoms with Gasteiger partial charge in [-0.05, 0) is 30.7 Å². The molecule has 0 aliphatic carbocycles. The van der Waals surface area contributed by atoms with E-state index in [4.69, 9.17) is 4.74 Å². The summed E-state index contributed by atoms with van der Waals surface area (Å²) < 4.78 is 49.0. The number of piperazine rings is 1. The Bertz CT molecular complexity index is 1410. The van der Waals surface area contributed by atoms with Gasteiger partial charge in [0.1, 0.15) is 23.9 Å². The molecule has 13 heteroatoms. The van der Waals surface area contributed by atoms with E-state index in [1.807, 2.05) is 6.07 Å². The van der Waals surface area contributed by atoms with Crippen LogP contribution in [-0.2, 0) is 18.0 Å². The van der Waals surface area contributed by atoms with Crippen molar-refractivity contribution in [1.29, 1.82) is 5.26 Å². The smallest absolute Gasteiger partial charge is 0.419 e. The molecule has 0 spiro atoms. The second kappa shape index (κ2) is 9.85. The third-order valence-corrected chi connectivity index (χ3v) is 7.23. The van der Waals surface area contributed by atoms with E-state index in [2.05, 4.69) is 25.1 Å². The predicted molar refractivity (Wildman–Crippen MR) is 131 cm³/mol. The summed E-state index contributed by atoms with van der Waals surface area (Å²) in [5, 5.41) is 17.2.